The van der Waals surface area contributed by atoms with Crippen molar-refractivity contribution in [2.75, 3.05) is 0 Å². The van der Waals surface area contributed by atoms with Crippen LogP contribution >= 0.6 is 0 Å². The van der Waals surface area contributed by atoms with Gasteiger partial charge in [-0.2, -0.15) is 4.57 Å². The highest BCUT2D eigenvalue weighted by molar-refractivity contribution is 6.07. The summed E-state index contributed by atoms with van der Waals surface area (Å²) < 4.78 is 4.99. The molecular weight excluding hydrogens is 713 g/mol. The van der Waals surface area contributed by atoms with Gasteiger partial charge in [0.05, 0.1) is 12.6 Å². The van der Waals surface area contributed by atoms with Crippen molar-refractivity contribution < 1.29 is 4.57 Å². The third kappa shape index (κ3) is 5.60. The first-order valence-corrected chi connectivity index (χ1v) is 20.4. The summed E-state index contributed by atoms with van der Waals surface area (Å²) in [7, 11) is 2.24. The molecule has 0 bridgehead atoms. The van der Waals surface area contributed by atoms with E-state index < -0.39 is 0 Å². The van der Waals surface area contributed by atoms with Crippen molar-refractivity contribution in [2.45, 2.75) is 6.92 Å². The molecule has 11 rings (SSSR count). The van der Waals surface area contributed by atoms with Gasteiger partial charge in [0.25, 0.3) is 5.82 Å². The molecule has 1 aromatic heterocycles. The van der Waals surface area contributed by atoms with E-state index in [0.717, 1.165) is 22.5 Å². The molecule has 2 heteroatoms. The van der Waals surface area contributed by atoms with E-state index in [0.29, 0.717) is 0 Å². The molecular formula is C57H41N2+. The molecule has 0 unspecified atom stereocenters. The Morgan fingerprint density at radius 2 is 0.763 bits per heavy atom. The molecule has 10 aromatic rings. The van der Waals surface area contributed by atoms with Crippen LogP contribution in [0.5, 0.6) is 0 Å². The Morgan fingerprint density at radius 3 is 1.31 bits per heavy atom. The molecule has 1 heterocycles. The second-order valence-electron chi connectivity index (χ2n) is 15.5. The molecule has 1 aliphatic rings. The van der Waals surface area contributed by atoms with Crippen LogP contribution < -0.4 is 4.57 Å². The summed E-state index contributed by atoms with van der Waals surface area (Å²) in [4.78, 5) is 0. The Bertz CT molecular complexity index is 3140. The van der Waals surface area contributed by atoms with E-state index in [-0.39, 0.29) is 0 Å². The van der Waals surface area contributed by atoms with Gasteiger partial charge in [0.15, 0.2) is 11.0 Å². The highest BCUT2D eigenvalue weighted by Crippen LogP contribution is 2.52. The molecule has 2 nitrogen and oxygen atoms in total. The van der Waals surface area contributed by atoms with Crippen molar-refractivity contribution in [1.29, 1.82) is 0 Å². The van der Waals surface area contributed by atoms with Gasteiger partial charge in [-0.25, -0.2) is 4.57 Å². The SMILES string of the molecule is Cc1ccc2c(c1-c1n(-c3c(-c4ccccc4)cc(-c4ccccc4)cc3-c3ccccc3)c3ccccc3[n+]1C)-c1ccccc1-c1ccccc1-c1ccccc1-2. The van der Waals surface area contributed by atoms with Crippen LogP contribution in [0, 0.1) is 6.92 Å². The average Bonchev–Trinajstić information content (AvgIpc) is 3.59. The van der Waals surface area contributed by atoms with Crippen LogP contribution in [-0.4, -0.2) is 4.57 Å². The Balaban J connectivity index is 1.33. The number of para-hydroxylation sites is 2. The van der Waals surface area contributed by atoms with Crippen molar-refractivity contribution in [2.24, 2.45) is 7.05 Å². The van der Waals surface area contributed by atoms with Gasteiger partial charge in [-0.1, -0.05) is 188 Å². The summed E-state index contributed by atoms with van der Waals surface area (Å²) >= 11 is 0. The Labute approximate surface area is 345 Å². The lowest BCUT2D eigenvalue weighted by molar-refractivity contribution is -0.633. The fourth-order valence-corrected chi connectivity index (χ4v) is 9.51. The fourth-order valence-electron chi connectivity index (χ4n) is 9.51. The van der Waals surface area contributed by atoms with Gasteiger partial charge in [0, 0.05) is 16.7 Å². The zero-order chi connectivity index (χ0) is 39.5. The lowest BCUT2D eigenvalue weighted by Gasteiger charge is -2.25. The minimum absolute atomic E-state index is 1.13. The number of aryl methyl sites for hydroxylation is 2. The van der Waals surface area contributed by atoms with Gasteiger partial charge in [-0.3, -0.25) is 0 Å². The summed E-state index contributed by atoms with van der Waals surface area (Å²) in [6.45, 7) is 2.29. The van der Waals surface area contributed by atoms with Gasteiger partial charge < -0.3 is 0 Å². The number of hydrogen-bond donors (Lipinski definition) is 0. The molecule has 0 fully saturated rings. The second kappa shape index (κ2) is 14.1. The van der Waals surface area contributed by atoms with Gasteiger partial charge in [-0.15, -0.1) is 0 Å². The summed E-state index contributed by atoms with van der Waals surface area (Å²) in [6.07, 6.45) is 0. The summed E-state index contributed by atoms with van der Waals surface area (Å²) in [5, 5.41) is 0. The maximum atomic E-state index is 2.57. The minimum atomic E-state index is 1.13. The number of imidazole rings is 1. The topological polar surface area (TPSA) is 8.81 Å². The van der Waals surface area contributed by atoms with E-state index in [2.05, 4.69) is 235 Å². The van der Waals surface area contributed by atoms with Crippen LogP contribution in [0.4, 0.5) is 0 Å². The third-order valence-corrected chi connectivity index (χ3v) is 12.2. The smallest absolute Gasteiger partial charge is 0.225 e. The maximum Gasteiger partial charge on any atom is 0.295 e. The number of benzene rings is 9. The largest absolute Gasteiger partial charge is 0.295 e. The lowest BCUT2D eigenvalue weighted by atomic mass is 9.78. The van der Waals surface area contributed by atoms with Crippen LogP contribution in [0.15, 0.2) is 212 Å². The van der Waals surface area contributed by atoms with Crippen molar-refractivity contribution in [3.8, 4) is 95.0 Å². The predicted molar refractivity (Wildman–Crippen MR) is 246 cm³/mol. The monoisotopic (exact) mass is 753 g/mol. The van der Waals surface area contributed by atoms with Gasteiger partial charge in [0.1, 0.15) is 5.69 Å². The third-order valence-electron chi connectivity index (χ3n) is 12.2. The van der Waals surface area contributed by atoms with Gasteiger partial charge in [0.2, 0.25) is 0 Å². The molecule has 0 radical (unpaired) electrons. The van der Waals surface area contributed by atoms with E-state index in [1.165, 1.54) is 89.0 Å². The number of rotatable bonds is 5. The molecule has 278 valence electrons. The molecule has 1 aliphatic carbocycles. The van der Waals surface area contributed by atoms with Crippen LogP contribution in [0.3, 0.4) is 0 Å². The zero-order valence-electron chi connectivity index (χ0n) is 33.1. The molecule has 0 saturated carbocycles. The first-order chi connectivity index (χ1) is 29.2. The Morgan fingerprint density at radius 1 is 0.339 bits per heavy atom. The van der Waals surface area contributed by atoms with Crippen LogP contribution in [0.1, 0.15) is 5.56 Å². The molecule has 0 atom stereocenters. The Kier molecular flexibility index (Phi) is 8.30. The summed E-state index contributed by atoms with van der Waals surface area (Å²) in [5.74, 6) is 1.13. The van der Waals surface area contributed by atoms with Crippen molar-refractivity contribution in [3.05, 3.63) is 218 Å². The quantitative estimate of drug-likeness (QED) is 0.155. The molecule has 0 aliphatic heterocycles. The molecule has 0 spiro atoms. The number of aromatic nitrogens is 2. The molecule has 0 N–H and O–H groups in total. The first-order valence-electron chi connectivity index (χ1n) is 20.4. The van der Waals surface area contributed by atoms with Crippen LogP contribution in [-0.2, 0) is 7.05 Å². The van der Waals surface area contributed by atoms with E-state index >= 15 is 0 Å². The first kappa shape index (κ1) is 34.7. The standard InChI is InChI=1S/C57H41N2/c1-38-34-35-49-47-30-15-14-28-45(47)43-26-12-13-27-44(43)46-29-16-17-31-48(46)55(49)54(38)57-58(2)52-32-18-19-33-53(52)59(57)56-50(40-22-8-4-9-23-40)36-42(39-20-6-3-7-21-39)37-51(56)41-24-10-5-11-25-41/h3-37H,1-2H3/q+1. The predicted octanol–water partition coefficient (Wildman–Crippen LogP) is 14.4. The second-order valence-corrected chi connectivity index (χ2v) is 15.5. The van der Waals surface area contributed by atoms with Gasteiger partial charge in [-0.05, 0) is 98.0 Å². The summed E-state index contributed by atoms with van der Waals surface area (Å²) in [6, 6.07) is 77.8. The van der Waals surface area contributed by atoms with E-state index in [1.807, 2.05) is 0 Å². The molecule has 9 aromatic carbocycles. The van der Waals surface area contributed by atoms with Crippen molar-refractivity contribution >= 4 is 11.0 Å². The Hall–Kier alpha value is -7.55. The minimum Gasteiger partial charge on any atom is -0.225 e. The lowest BCUT2D eigenvalue weighted by Crippen LogP contribution is -2.31. The number of fused-ring (bicyclic) bond motifs is 9. The van der Waals surface area contributed by atoms with Crippen LogP contribution in [0.25, 0.3) is 106 Å². The normalized spacial score (nSPS) is 11.6. The number of hydrogen-bond acceptors (Lipinski definition) is 0. The fraction of sp³-hybridized carbons (Fsp3) is 0.0351. The molecule has 59 heavy (non-hydrogen) atoms. The molecule has 0 amide bonds. The average molecular weight is 754 g/mol. The zero-order valence-corrected chi connectivity index (χ0v) is 33.1. The summed E-state index contributed by atoms with van der Waals surface area (Å²) in [5.41, 5.74) is 22.8. The van der Waals surface area contributed by atoms with Crippen molar-refractivity contribution in [1.82, 2.24) is 4.57 Å². The number of nitrogens with zero attached hydrogens (tertiary/aromatic N) is 2. The maximum absolute atomic E-state index is 2.57. The van der Waals surface area contributed by atoms with Crippen LogP contribution in [0.2, 0.25) is 0 Å². The molecule has 0 saturated heterocycles. The van der Waals surface area contributed by atoms with E-state index in [9.17, 15) is 0 Å². The van der Waals surface area contributed by atoms with E-state index in [4.69, 9.17) is 0 Å². The van der Waals surface area contributed by atoms with Gasteiger partial charge >= 0.3 is 0 Å². The van der Waals surface area contributed by atoms with Crippen molar-refractivity contribution in [3.63, 3.8) is 0 Å². The highest BCUT2D eigenvalue weighted by atomic mass is 15.2. The highest BCUT2D eigenvalue weighted by Gasteiger charge is 2.35. The van der Waals surface area contributed by atoms with E-state index in [1.54, 1.807) is 0 Å².